The maximum absolute atomic E-state index is 14.2. The molecular weight excluding hydrogens is 812 g/mol. The molecule has 0 radical (unpaired) electrons. The van der Waals surface area contributed by atoms with Gasteiger partial charge in [-0.1, -0.05) is 71.0 Å². The molecular formula is C43H53FN6O8S2. The van der Waals surface area contributed by atoms with Gasteiger partial charge >= 0.3 is 5.97 Å². The highest BCUT2D eigenvalue weighted by Crippen LogP contribution is 2.47. The lowest BCUT2D eigenvalue weighted by Gasteiger charge is -2.39. The van der Waals surface area contributed by atoms with Crippen LogP contribution >= 0.6 is 21.6 Å². The third-order valence-corrected chi connectivity index (χ3v) is 14.5. The SMILES string of the molecule is Cc1cc(C(N)=O)cc(C)c1C[C@H](C)C(=O)N[C@H]1C(=O)NCC(=O)N[C@@H](Cc2ccc(F)cc2)C(=O)N[C@H](C(=O)N[C@@H](Cc2ccccc2)C(=O)O)C(C)(C)SSC1(C)C. The van der Waals surface area contributed by atoms with Gasteiger partial charge in [0.25, 0.3) is 0 Å². The number of aryl methyl sites for hydroxylation is 2. The molecule has 1 heterocycles. The Morgan fingerprint density at radius 3 is 2.05 bits per heavy atom. The monoisotopic (exact) mass is 864 g/mol. The second-order valence-corrected chi connectivity index (χ2v) is 19.5. The lowest BCUT2D eigenvalue weighted by Crippen LogP contribution is -2.63. The molecule has 8 N–H and O–H groups in total. The smallest absolute Gasteiger partial charge is 0.326 e. The first kappa shape index (κ1) is 47.3. The topological polar surface area (TPSA) is 226 Å². The standard InChI is InChI=1S/C43H53FN6O8S2/c1-23-17-28(36(45)52)18-24(2)30(23)19-25(3)37(53)49-34-39(55)46-22-33(51)47-31(20-27-13-15-29(44)16-14-27)38(54)50-35(43(6,7)60-59-42(34,4)5)40(56)48-32(41(57)58)21-26-11-9-8-10-12-26/h8-18,25,31-32,34-35H,19-22H2,1-7H3,(H2,45,52)(H,46,55)(H,47,51)(H,48,56)(H,49,53)(H,50,54)(H,57,58)/t25-,31-,32-,34-,35+/m0/s1. The van der Waals surface area contributed by atoms with Gasteiger partial charge in [0.1, 0.15) is 30.0 Å². The van der Waals surface area contributed by atoms with E-state index in [-0.39, 0.29) is 19.3 Å². The molecule has 0 aromatic heterocycles. The Hall–Kier alpha value is -5.42. The molecule has 0 saturated carbocycles. The van der Waals surface area contributed by atoms with E-state index in [2.05, 4.69) is 26.6 Å². The van der Waals surface area contributed by atoms with E-state index in [1.807, 2.05) is 13.8 Å². The van der Waals surface area contributed by atoms with Crippen LogP contribution in [0.25, 0.3) is 0 Å². The van der Waals surface area contributed by atoms with E-state index < -0.39 is 93.4 Å². The summed E-state index contributed by atoms with van der Waals surface area (Å²) < 4.78 is 11.4. The molecule has 17 heteroatoms. The Morgan fingerprint density at radius 2 is 1.47 bits per heavy atom. The van der Waals surface area contributed by atoms with E-state index in [4.69, 9.17) is 5.73 Å². The normalized spacial score (nSPS) is 20.5. The van der Waals surface area contributed by atoms with E-state index in [1.165, 1.54) is 24.3 Å². The molecule has 4 rings (SSSR count). The van der Waals surface area contributed by atoms with Gasteiger partial charge < -0.3 is 37.4 Å². The van der Waals surface area contributed by atoms with Gasteiger partial charge in [0.2, 0.25) is 35.4 Å². The fourth-order valence-corrected chi connectivity index (χ4v) is 9.51. The third-order valence-electron chi connectivity index (χ3n) is 10.2. The van der Waals surface area contributed by atoms with Crippen LogP contribution in [0.3, 0.4) is 0 Å². The third kappa shape index (κ3) is 12.8. The minimum Gasteiger partial charge on any atom is -0.480 e. The van der Waals surface area contributed by atoms with Crippen LogP contribution in [0, 0.1) is 25.6 Å². The van der Waals surface area contributed by atoms with Gasteiger partial charge in [0.05, 0.1) is 6.54 Å². The number of nitrogens with one attached hydrogen (secondary N) is 5. The average molecular weight is 865 g/mol. The quantitative estimate of drug-likeness (QED) is 0.132. The van der Waals surface area contributed by atoms with E-state index in [0.29, 0.717) is 16.7 Å². The van der Waals surface area contributed by atoms with Crippen molar-refractivity contribution in [2.45, 2.75) is 101 Å². The van der Waals surface area contributed by atoms with Gasteiger partial charge in [-0.15, -0.1) is 0 Å². The molecule has 6 amide bonds. The van der Waals surface area contributed by atoms with Crippen molar-refractivity contribution in [3.8, 4) is 0 Å². The molecule has 0 aliphatic carbocycles. The molecule has 0 bridgehead atoms. The molecule has 3 aromatic carbocycles. The summed E-state index contributed by atoms with van der Waals surface area (Å²) in [6.45, 7) is 11.5. The van der Waals surface area contributed by atoms with Crippen LogP contribution in [0.2, 0.25) is 0 Å². The molecule has 3 aromatic rings. The van der Waals surface area contributed by atoms with Crippen molar-refractivity contribution >= 4 is 63.0 Å². The number of carboxylic acids is 1. The average Bonchev–Trinajstić information content (AvgIpc) is 3.18. The molecule has 1 saturated heterocycles. The second kappa shape index (κ2) is 20.2. The van der Waals surface area contributed by atoms with Crippen molar-refractivity contribution in [2.75, 3.05) is 6.54 Å². The van der Waals surface area contributed by atoms with Crippen molar-refractivity contribution in [3.63, 3.8) is 0 Å². The number of benzene rings is 3. The first-order valence-corrected chi connectivity index (χ1v) is 21.5. The van der Waals surface area contributed by atoms with Gasteiger partial charge in [0, 0.05) is 33.8 Å². The van der Waals surface area contributed by atoms with Gasteiger partial charge in [0.15, 0.2) is 0 Å². The number of hydrogen-bond acceptors (Lipinski definition) is 9. The van der Waals surface area contributed by atoms with Crippen LogP contribution in [0.15, 0.2) is 66.7 Å². The molecule has 1 aliphatic heterocycles. The first-order valence-electron chi connectivity index (χ1n) is 19.3. The zero-order valence-corrected chi connectivity index (χ0v) is 36.3. The largest absolute Gasteiger partial charge is 0.480 e. The lowest BCUT2D eigenvalue weighted by atomic mass is 9.91. The highest BCUT2D eigenvalue weighted by molar-refractivity contribution is 8.77. The summed E-state index contributed by atoms with van der Waals surface area (Å²) in [4.78, 5) is 93.9. The van der Waals surface area contributed by atoms with Crippen molar-refractivity contribution < 1.29 is 43.1 Å². The fourth-order valence-electron chi connectivity index (χ4n) is 6.69. The van der Waals surface area contributed by atoms with E-state index >= 15 is 0 Å². The minimum atomic E-state index is -1.40. The number of aliphatic carboxylic acids is 1. The van der Waals surface area contributed by atoms with Gasteiger partial charge in [-0.2, -0.15) is 0 Å². The number of carboxylic acid groups (broad SMARTS) is 1. The first-order chi connectivity index (χ1) is 28.1. The predicted molar refractivity (Wildman–Crippen MR) is 229 cm³/mol. The van der Waals surface area contributed by atoms with Crippen molar-refractivity contribution in [1.29, 1.82) is 0 Å². The van der Waals surface area contributed by atoms with E-state index in [0.717, 1.165) is 38.3 Å². The summed E-state index contributed by atoms with van der Waals surface area (Å²) >= 11 is 0. The van der Waals surface area contributed by atoms with Crippen LogP contribution in [0.5, 0.6) is 0 Å². The molecule has 322 valence electrons. The van der Waals surface area contributed by atoms with Gasteiger partial charge in [-0.05, 0) is 100 Å². The summed E-state index contributed by atoms with van der Waals surface area (Å²) in [5, 5.41) is 23.6. The Bertz CT molecular complexity index is 2080. The number of carbonyl (C=O) groups is 7. The Balaban J connectivity index is 1.68. The Morgan fingerprint density at radius 1 is 0.867 bits per heavy atom. The predicted octanol–water partition coefficient (Wildman–Crippen LogP) is 3.30. The highest BCUT2D eigenvalue weighted by Gasteiger charge is 2.45. The van der Waals surface area contributed by atoms with Crippen molar-refractivity contribution in [1.82, 2.24) is 26.6 Å². The summed E-state index contributed by atoms with van der Waals surface area (Å²) in [5.41, 5.74) is 9.36. The molecule has 5 atom stereocenters. The zero-order valence-electron chi connectivity index (χ0n) is 34.6. The van der Waals surface area contributed by atoms with Crippen molar-refractivity contribution in [2.24, 2.45) is 11.7 Å². The summed E-state index contributed by atoms with van der Waals surface area (Å²) in [6, 6.07) is 12.0. The Kier molecular flexibility index (Phi) is 15.9. The second-order valence-electron chi connectivity index (χ2n) is 16.1. The fraction of sp³-hybridized carbons (Fsp3) is 0.419. The van der Waals surface area contributed by atoms with Crippen LogP contribution in [0.1, 0.15) is 72.8 Å². The van der Waals surface area contributed by atoms with Crippen LogP contribution < -0.4 is 32.3 Å². The van der Waals surface area contributed by atoms with E-state index in [1.54, 1.807) is 77.1 Å². The number of nitrogens with two attached hydrogens (primary N) is 1. The van der Waals surface area contributed by atoms with Gasteiger partial charge in [-0.3, -0.25) is 28.8 Å². The molecule has 1 fully saturated rings. The van der Waals surface area contributed by atoms with Crippen molar-refractivity contribution in [3.05, 3.63) is 106 Å². The summed E-state index contributed by atoms with van der Waals surface area (Å²) in [6.07, 6.45) is 0.109. The lowest BCUT2D eigenvalue weighted by molar-refractivity contribution is -0.142. The molecule has 0 spiro atoms. The molecule has 0 unspecified atom stereocenters. The molecule has 14 nitrogen and oxygen atoms in total. The minimum absolute atomic E-state index is 0.0477. The zero-order chi connectivity index (χ0) is 44.5. The number of hydrogen-bond donors (Lipinski definition) is 7. The maximum atomic E-state index is 14.2. The summed E-state index contributed by atoms with van der Waals surface area (Å²) in [5.74, 6) is -6.53. The number of halogens is 1. The van der Waals surface area contributed by atoms with E-state index in [9.17, 15) is 43.1 Å². The number of rotatable bonds is 12. The van der Waals surface area contributed by atoms with Gasteiger partial charge in [-0.25, -0.2) is 9.18 Å². The highest BCUT2D eigenvalue weighted by atomic mass is 33.1. The molecule has 1 aliphatic rings. The Labute approximate surface area is 356 Å². The number of primary amides is 1. The molecule has 60 heavy (non-hydrogen) atoms. The van der Waals surface area contributed by atoms with Crippen LogP contribution in [-0.4, -0.2) is 86.7 Å². The summed E-state index contributed by atoms with van der Waals surface area (Å²) in [7, 11) is 2.30. The van der Waals surface area contributed by atoms with Crippen LogP contribution in [-0.2, 0) is 48.0 Å². The number of carbonyl (C=O) groups excluding carboxylic acids is 6. The number of amides is 6. The van der Waals surface area contributed by atoms with Crippen LogP contribution in [0.4, 0.5) is 4.39 Å². The maximum Gasteiger partial charge on any atom is 0.326 e.